The van der Waals surface area contributed by atoms with E-state index in [4.69, 9.17) is 15.3 Å². The highest BCUT2D eigenvalue weighted by Crippen LogP contribution is 2.24. The van der Waals surface area contributed by atoms with Crippen molar-refractivity contribution < 1.29 is 27.5 Å². The molecule has 2 aromatic heterocycles. The standard InChI is InChI=1S/C22H21F3N4O3/c1-14-11-18(15(2)29(14)13-22(23,24)25)19(30)12-31-28-20(26)17-9-6-10-27-21(17)32-16-7-4-3-5-8-16/h3-11H,12-13H2,1-2H3,(H2,26,28). The number of carbonyl (C=O) groups excluding carboxylic acids is 1. The van der Waals surface area contributed by atoms with Gasteiger partial charge < -0.3 is 19.9 Å². The Bertz CT molecular complexity index is 1130. The van der Waals surface area contributed by atoms with Crippen molar-refractivity contribution in [3.63, 3.8) is 0 Å². The van der Waals surface area contributed by atoms with Crippen molar-refractivity contribution in [3.8, 4) is 11.6 Å². The van der Waals surface area contributed by atoms with Gasteiger partial charge in [-0.25, -0.2) is 4.98 Å². The number of amidine groups is 1. The van der Waals surface area contributed by atoms with Crippen LogP contribution in [0.5, 0.6) is 11.6 Å². The van der Waals surface area contributed by atoms with Gasteiger partial charge in [-0.3, -0.25) is 4.79 Å². The van der Waals surface area contributed by atoms with Crippen LogP contribution in [0.15, 0.2) is 59.9 Å². The van der Waals surface area contributed by atoms with Gasteiger partial charge >= 0.3 is 6.18 Å². The molecule has 168 valence electrons. The Morgan fingerprint density at radius 3 is 2.53 bits per heavy atom. The van der Waals surface area contributed by atoms with Gasteiger partial charge in [0.15, 0.2) is 12.4 Å². The summed E-state index contributed by atoms with van der Waals surface area (Å²) in [6.45, 7) is 1.29. The Morgan fingerprint density at radius 2 is 1.84 bits per heavy atom. The maximum Gasteiger partial charge on any atom is 0.406 e. The fraction of sp³-hybridized carbons (Fsp3) is 0.227. The molecule has 0 saturated carbocycles. The van der Waals surface area contributed by atoms with Gasteiger partial charge in [0.1, 0.15) is 12.3 Å². The summed E-state index contributed by atoms with van der Waals surface area (Å²) < 4.78 is 45.0. The summed E-state index contributed by atoms with van der Waals surface area (Å²) in [5.74, 6) is 0.158. The van der Waals surface area contributed by atoms with Gasteiger partial charge in [-0.1, -0.05) is 23.4 Å². The molecule has 0 unspecified atom stereocenters. The quantitative estimate of drug-likeness (QED) is 0.240. The minimum atomic E-state index is -4.40. The molecule has 0 amide bonds. The van der Waals surface area contributed by atoms with E-state index >= 15 is 0 Å². The predicted molar refractivity (Wildman–Crippen MR) is 112 cm³/mol. The molecule has 0 aliphatic rings. The third kappa shape index (κ3) is 5.65. The van der Waals surface area contributed by atoms with Crippen LogP contribution in [0.3, 0.4) is 0 Å². The number of carbonyl (C=O) groups is 1. The number of ether oxygens (including phenoxy) is 1. The van der Waals surface area contributed by atoms with Gasteiger partial charge in [0.2, 0.25) is 11.7 Å². The molecule has 10 heteroatoms. The first-order valence-electron chi connectivity index (χ1n) is 9.56. The molecule has 3 rings (SSSR count). The molecule has 3 aromatic rings. The summed E-state index contributed by atoms with van der Waals surface area (Å²) in [6, 6.07) is 13.6. The Balaban J connectivity index is 1.69. The van der Waals surface area contributed by atoms with Crippen LogP contribution in [0.25, 0.3) is 0 Å². The normalized spacial score (nSPS) is 12.0. The Morgan fingerprint density at radius 1 is 1.12 bits per heavy atom. The maximum atomic E-state index is 12.8. The average Bonchev–Trinajstić information content (AvgIpc) is 3.02. The Hall–Kier alpha value is -3.82. The van der Waals surface area contributed by atoms with E-state index in [0.717, 1.165) is 4.57 Å². The molecule has 0 fully saturated rings. The minimum absolute atomic E-state index is 0.0700. The van der Waals surface area contributed by atoms with Gasteiger partial charge in [0.25, 0.3) is 0 Å². The average molecular weight is 446 g/mol. The van der Waals surface area contributed by atoms with E-state index in [1.807, 2.05) is 6.07 Å². The zero-order chi connectivity index (χ0) is 23.3. The zero-order valence-corrected chi connectivity index (χ0v) is 17.4. The summed E-state index contributed by atoms with van der Waals surface area (Å²) in [4.78, 5) is 21.7. The van der Waals surface area contributed by atoms with Gasteiger partial charge in [-0.05, 0) is 44.2 Å². The number of nitrogens with two attached hydrogens (primary N) is 1. The number of Topliss-reactive ketones (excluding diaryl/α,β-unsaturated/α-hetero) is 1. The van der Waals surface area contributed by atoms with Gasteiger partial charge in [0, 0.05) is 23.1 Å². The molecule has 0 aliphatic heterocycles. The van der Waals surface area contributed by atoms with E-state index < -0.39 is 25.1 Å². The SMILES string of the molecule is Cc1cc(C(=O)CO/N=C(/N)c2cccnc2Oc2ccccc2)c(C)n1CC(F)(F)F. The second-order valence-electron chi connectivity index (χ2n) is 6.93. The lowest BCUT2D eigenvalue weighted by molar-refractivity contribution is -0.141. The van der Waals surface area contributed by atoms with Crippen LogP contribution in [0.1, 0.15) is 27.3 Å². The first-order chi connectivity index (χ1) is 15.2. The third-order valence-corrected chi connectivity index (χ3v) is 4.57. The van der Waals surface area contributed by atoms with Crippen molar-refractivity contribution in [2.24, 2.45) is 10.9 Å². The van der Waals surface area contributed by atoms with Crippen LogP contribution in [0.2, 0.25) is 0 Å². The first-order valence-corrected chi connectivity index (χ1v) is 9.56. The topological polar surface area (TPSA) is 91.7 Å². The smallest absolute Gasteiger partial charge is 0.406 e. The van der Waals surface area contributed by atoms with E-state index in [1.54, 1.807) is 36.4 Å². The van der Waals surface area contributed by atoms with Crippen molar-refractivity contribution in [2.45, 2.75) is 26.6 Å². The third-order valence-electron chi connectivity index (χ3n) is 4.57. The van der Waals surface area contributed by atoms with Crippen LogP contribution in [-0.2, 0) is 11.4 Å². The summed E-state index contributed by atoms with van der Waals surface area (Å²) in [7, 11) is 0. The number of hydrogen-bond donors (Lipinski definition) is 1. The van der Waals surface area contributed by atoms with Gasteiger partial charge in [-0.2, -0.15) is 13.2 Å². The van der Waals surface area contributed by atoms with Crippen LogP contribution in [0, 0.1) is 13.8 Å². The molecule has 0 bridgehead atoms. The molecule has 2 heterocycles. The second-order valence-corrected chi connectivity index (χ2v) is 6.93. The molecule has 0 saturated heterocycles. The summed E-state index contributed by atoms with van der Waals surface area (Å²) in [6.07, 6.45) is -2.87. The molecule has 0 spiro atoms. The molecular weight excluding hydrogens is 425 g/mol. The second kappa shape index (κ2) is 9.54. The summed E-state index contributed by atoms with van der Waals surface area (Å²) in [5, 5.41) is 3.75. The van der Waals surface area contributed by atoms with Crippen LogP contribution in [-0.4, -0.2) is 34.0 Å². The Labute approximate surface area is 182 Å². The molecule has 0 radical (unpaired) electrons. The van der Waals surface area contributed by atoms with Crippen LogP contribution >= 0.6 is 0 Å². The van der Waals surface area contributed by atoms with Crippen molar-refractivity contribution >= 4 is 11.6 Å². The predicted octanol–water partition coefficient (Wildman–Crippen LogP) is 4.37. The largest absolute Gasteiger partial charge is 0.438 e. The number of rotatable bonds is 8. The molecule has 0 aliphatic carbocycles. The van der Waals surface area contributed by atoms with Crippen LogP contribution < -0.4 is 10.5 Å². The maximum absolute atomic E-state index is 12.8. The molecule has 1 aromatic carbocycles. The molecule has 0 atom stereocenters. The number of benzene rings is 1. The fourth-order valence-corrected chi connectivity index (χ4v) is 3.06. The van der Waals surface area contributed by atoms with Crippen LogP contribution in [0.4, 0.5) is 13.2 Å². The van der Waals surface area contributed by atoms with Crippen molar-refractivity contribution in [3.05, 3.63) is 77.2 Å². The van der Waals surface area contributed by atoms with E-state index in [0.29, 0.717) is 17.0 Å². The van der Waals surface area contributed by atoms with E-state index in [1.165, 1.54) is 26.1 Å². The monoisotopic (exact) mass is 446 g/mol. The van der Waals surface area contributed by atoms with E-state index in [2.05, 4.69) is 10.1 Å². The van der Waals surface area contributed by atoms with E-state index in [9.17, 15) is 18.0 Å². The molecular formula is C22H21F3N4O3. The number of pyridine rings is 1. The number of nitrogens with zero attached hydrogens (tertiary/aromatic N) is 3. The summed E-state index contributed by atoms with van der Waals surface area (Å²) in [5.41, 5.74) is 6.98. The number of oxime groups is 1. The van der Waals surface area contributed by atoms with Gasteiger partial charge in [0.05, 0.1) is 5.56 Å². The lowest BCUT2D eigenvalue weighted by Gasteiger charge is -2.12. The van der Waals surface area contributed by atoms with Gasteiger partial charge in [-0.15, -0.1) is 0 Å². The molecule has 2 N–H and O–H groups in total. The number of para-hydroxylation sites is 1. The summed E-state index contributed by atoms with van der Waals surface area (Å²) >= 11 is 0. The first kappa shape index (κ1) is 22.9. The number of halogens is 3. The van der Waals surface area contributed by atoms with Crippen molar-refractivity contribution in [1.82, 2.24) is 9.55 Å². The van der Waals surface area contributed by atoms with Crippen molar-refractivity contribution in [1.29, 1.82) is 0 Å². The highest BCUT2D eigenvalue weighted by molar-refractivity contribution is 6.00. The Kier molecular flexibility index (Phi) is 6.82. The number of aromatic nitrogens is 2. The fourth-order valence-electron chi connectivity index (χ4n) is 3.06. The zero-order valence-electron chi connectivity index (χ0n) is 17.4. The number of aryl methyl sites for hydroxylation is 1. The van der Waals surface area contributed by atoms with Crippen molar-refractivity contribution in [2.75, 3.05) is 6.61 Å². The molecule has 7 nitrogen and oxygen atoms in total. The number of alkyl halides is 3. The highest BCUT2D eigenvalue weighted by atomic mass is 19.4. The lowest BCUT2D eigenvalue weighted by atomic mass is 10.2. The lowest BCUT2D eigenvalue weighted by Crippen LogP contribution is -2.20. The highest BCUT2D eigenvalue weighted by Gasteiger charge is 2.30. The molecule has 32 heavy (non-hydrogen) atoms. The minimum Gasteiger partial charge on any atom is -0.438 e. The number of ketones is 1. The number of hydrogen-bond acceptors (Lipinski definition) is 5. The van der Waals surface area contributed by atoms with E-state index in [-0.39, 0.29) is 23.0 Å².